The third kappa shape index (κ3) is 4.40. The summed E-state index contributed by atoms with van der Waals surface area (Å²) in [6.07, 6.45) is 0. The van der Waals surface area contributed by atoms with E-state index in [0.717, 1.165) is 5.56 Å². The van der Waals surface area contributed by atoms with Crippen molar-refractivity contribution < 1.29 is 13.2 Å². The van der Waals surface area contributed by atoms with E-state index in [1.165, 1.54) is 7.05 Å². The molecule has 0 atom stereocenters. The van der Waals surface area contributed by atoms with Gasteiger partial charge in [-0.15, -0.1) is 0 Å². The predicted molar refractivity (Wildman–Crippen MR) is 74.1 cm³/mol. The standard InChI is InChI=1S/C11H15BrN2O3S/c1-8-3-4-9(10(12)7-8)11(15)14-5-6-18(16,17)13-2/h3-4,7,13H,5-6H2,1-2H3,(H,14,15). The lowest BCUT2D eigenvalue weighted by molar-refractivity contribution is 0.0955. The lowest BCUT2D eigenvalue weighted by Crippen LogP contribution is -2.33. The van der Waals surface area contributed by atoms with E-state index in [2.05, 4.69) is 26.0 Å². The topological polar surface area (TPSA) is 75.3 Å². The van der Waals surface area contributed by atoms with Crippen LogP contribution in [0.2, 0.25) is 0 Å². The summed E-state index contributed by atoms with van der Waals surface area (Å²) in [5, 5.41) is 2.56. The molecule has 0 aliphatic heterocycles. The highest BCUT2D eigenvalue weighted by Gasteiger charge is 2.11. The minimum absolute atomic E-state index is 0.0717. The van der Waals surface area contributed by atoms with Crippen molar-refractivity contribution in [2.45, 2.75) is 6.92 Å². The maximum atomic E-state index is 11.8. The maximum Gasteiger partial charge on any atom is 0.252 e. The molecule has 0 radical (unpaired) electrons. The van der Waals surface area contributed by atoms with E-state index < -0.39 is 10.0 Å². The first-order valence-electron chi connectivity index (χ1n) is 5.31. The SMILES string of the molecule is CNS(=O)(=O)CCNC(=O)c1ccc(C)cc1Br. The van der Waals surface area contributed by atoms with Crippen LogP contribution in [0.1, 0.15) is 15.9 Å². The number of hydrogen-bond acceptors (Lipinski definition) is 3. The van der Waals surface area contributed by atoms with Gasteiger partial charge in [0.1, 0.15) is 0 Å². The molecule has 0 unspecified atom stereocenters. The Morgan fingerprint density at radius 1 is 1.39 bits per heavy atom. The summed E-state index contributed by atoms with van der Waals surface area (Å²) in [5.41, 5.74) is 1.53. The summed E-state index contributed by atoms with van der Waals surface area (Å²) in [4.78, 5) is 11.8. The molecule has 2 N–H and O–H groups in total. The number of nitrogens with one attached hydrogen (secondary N) is 2. The molecule has 1 aromatic rings. The molecule has 0 aliphatic rings. The van der Waals surface area contributed by atoms with Gasteiger partial charge in [-0.1, -0.05) is 6.07 Å². The van der Waals surface area contributed by atoms with Crippen molar-refractivity contribution in [3.63, 3.8) is 0 Å². The Kier molecular flexibility index (Phi) is 5.30. The van der Waals surface area contributed by atoms with Crippen LogP contribution in [0.3, 0.4) is 0 Å². The quantitative estimate of drug-likeness (QED) is 0.844. The molecular formula is C11H15BrN2O3S. The number of hydrogen-bond donors (Lipinski definition) is 2. The van der Waals surface area contributed by atoms with Gasteiger partial charge in [-0.2, -0.15) is 0 Å². The monoisotopic (exact) mass is 334 g/mol. The van der Waals surface area contributed by atoms with E-state index in [9.17, 15) is 13.2 Å². The van der Waals surface area contributed by atoms with Crippen molar-refractivity contribution in [2.75, 3.05) is 19.3 Å². The normalized spacial score (nSPS) is 11.3. The molecule has 18 heavy (non-hydrogen) atoms. The Morgan fingerprint density at radius 2 is 2.06 bits per heavy atom. The number of benzene rings is 1. The van der Waals surface area contributed by atoms with E-state index in [4.69, 9.17) is 0 Å². The van der Waals surface area contributed by atoms with Crippen molar-refractivity contribution in [3.05, 3.63) is 33.8 Å². The molecule has 0 saturated heterocycles. The Morgan fingerprint density at radius 3 is 2.61 bits per heavy atom. The second-order valence-corrected chi connectivity index (χ2v) is 6.66. The smallest absolute Gasteiger partial charge is 0.252 e. The van der Waals surface area contributed by atoms with Crippen molar-refractivity contribution in [3.8, 4) is 0 Å². The highest BCUT2D eigenvalue weighted by molar-refractivity contribution is 9.10. The number of carbonyl (C=O) groups is 1. The predicted octanol–water partition coefficient (Wildman–Crippen LogP) is 1.04. The zero-order valence-corrected chi connectivity index (χ0v) is 12.6. The number of amides is 1. The molecule has 5 nitrogen and oxygen atoms in total. The maximum absolute atomic E-state index is 11.8. The minimum Gasteiger partial charge on any atom is -0.351 e. The number of halogens is 1. The minimum atomic E-state index is -3.29. The largest absolute Gasteiger partial charge is 0.351 e. The molecule has 1 aromatic carbocycles. The molecule has 1 amide bonds. The van der Waals surface area contributed by atoms with Gasteiger partial charge in [0.25, 0.3) is 5.91 Å². The van der Waals surface area contributed by atoms with Gasteiger partial charge in [-0.25, -0.2) is 13.1 Å². The highest BCUT2D eigenvalue weighted by Crippen LogP contribution is 2.17. The number of sulfonamides is 1. The Bertz CT molecular complexity index is 543. The van der Waals surface area contributed by atoms with E-state index >= 15 is 0 Å². The van der Waals surface area contributed by atoms with Crippen LogP contribution in [0, 0.1) is 6.92 Å². The molecule has 100 valence electrons. The summed E-state index contributed by atoms with van der Waals surface area (Å²) < 4.78 is 25.2. The first-order valence-corrected chi connectivity index (χ1v) is 7.76. The van der Waals surface area contributed by atoms with Crippen LogP contribution in [0.15, 0.2) is 22.7 Å². The second-order valence-electron chi connectivity index (χ2n) is 3.76. The average Bonchev–Trinajstić information content (AvgIpc) is 2.28. The fourth-order valence-corrected chi connectivity index (χ4v) is 2.55. The molecule has 0 spiro atoms. The van der Waals surface area contributed by atoms with Gasteiger partial charge in [0.05, 0.1) is 11.3 Å². The zero-order chi connectivity index (χ0) is 13.8. The van der Waals surface area contributed by atoms with Gasteiger partial charge in [-0.05, 0) is 47.6 Å². The van der Waals surface area contributed by atoms with Gasteiger partial charge in [0, 0.05) is 11.0 Å². The number of carbonyl (C=O) groups excluding carboxylic acids is 1. The summed E-state index contributed by atoms with van der Waals surface area (Å²) in [5.74, 6) is -0.438. The van der Waals surface area contributed by atoms with Crippen molar-refractivity contribution in [2.24, 2.45) is 0 Å². The molecule has 0 aromatic heterocycles. The molecule has 0 fully saturated rings. The van der Waals surface area contributed by atoms with Crippen molar-refractivity contribution >= 4 is 31.9 Å². The fourth-order valence-electron chi connectivity index (χ4n) is 1.30. The first-order chi connectivity index (χ1) is 8.35. The zero-order valence-electron chi connectivity index (χ0n) is 10.2. The molecule has 7 heteroatoms. The van der Waals surface area contributed by atoms with Crippen LogP contribution in [-0.2, 0) is 10.0 Å². The van der Waals surface area contributed by atoms with E-state index in [1.54, 1.807) is 6.07 Å². The van der Waals surface area contributed by atoms with Gasteiger partial charge in [0.15, 0.2) is 0 Å². The molecule has 0 heterocycles. The highest BCUT2D eigenvalue weighted by atomic mass is 79.9. The Balaban J connectivity index is 2.61. The van der Waals surface area contributed by atoms with Crippen LogP contribution in [0.4, 0.5) is 0 Å². The van der Waals surface area contributed by atoms with E-state index in [0.29, 0.717) is 10.0 Å². The molecule has 0 saturated carbocycles. The summed E-state index contributed by atoms with van der Waals surface area (Å²) in [6.45, 7) is 1.99. The third-order valence-corrected chi connectivity index (χ3v) is 4.36. The van der Waals surface area contributed by atoms with Crippen LogP contribution in [0.25, 0.3) is 0 Å². The van der Waals surface area contributed by atoms with Gasteiger partial charge in [-0.3, -0.25) is 4.79 Å². The van der Waals surface area contributed by atoms with E-state index in [-0.39, 0.29) is 18.2 Å². The summed E-state index contributed by atoms with van der Waals surface area (Å²) >= 11 is 3.30. The Labute approximate surface area is 115 Å². The van der Waals surface area contributed by atoms with E-state index in [1.807, 2.05) is 19.1 Å². The van der Waals surface area contributed by atoms with Gasteiger partial charge < -0.3 is 5.32 Å². The summed E-state index contributed by atoms with van der Waals surface area (Å²) in [7, 11) is -1.95. The summed E-state index contributed by atoms with van der Waals surface area (Å²) in [6, 6.07) is 5.35. The average molecular weight is 335 g/mol. The van der Waals surface area contributed by atoms with Crippen LogP contribution < -0.4 is 10.0 Å². The fraction of sp³-hybridized carbons (Fsp3) is 0.364. The van der Waals surface area contributed by atoms with Crippen LogP contribution in [-0.4, -0.2) is 33.7 Å². The molecule has 1 rings (SSSR count). The van der Waals surface area contributed by atoms with Gasteiger partial charge in [0.2, 0.25) is 10.0 Å². The third-order valence-electron chi connectivity index (χ3n) is 2.34. The Hall–Kier alpha value is -0.920. The van der Waals surface area contributed by atoms with Crippen molar-refractivity contribution in [1.82, 2.24) is 10.0 Å². The number of rotatable bonds is 5. The number of aryl methyl sites for hydroxylation is 1. The van der Waals surface area contributed by atoms with Crippen molar-refractivity contribution in [1.29, 1.82) is 0 Å². The molecule has 0 bridgehead atoms. The lowest BCUT2D eigenvalue weighted by atomic mass is 10.1. The van der Waals surface area contributed by atoms with Gasteiger partial charge >= 0.3 is 0 Å². The van der Waals surface area contributed by atoms with Crippen LogP contribution >= 0.6 is 15.9 Å². The molecule has 0 aliphatic carbocycles. The second kappa shape index (κ2) is 6.31. The first kappa shape index (κ1) is 15.1. The lowest BCUT2D eigenvalue weighted by Gasteiger charge is -2.07. The van der Waals surface area contributed by atoms with Crippen LogP contribution in [0.5, 0.6) is 0 Å². The molecular weight excluding hydrogens is 320 g/mol.